The fourth-order valence-electron chi connectivity index (χ4n) is 2.97. The summed E-state index contributed by atoms with van der Waals surface area (Å²) in [6.45, 7) is 7.53. The topological polar surface area (TPSA) is 49.3 Å². The van der Waals surface area contributed by atoms with Crippen molar-refractivity contribution >= 4 is 5.97 Å². The third kappa shape index (κ3) is 4.97. The SMILES string of the molecule is CCCC(NCC1CCC(C(C)C)CC1)C(=O)O. The average Bonchev–Trinajstić information content (AvgIpc) is 2.34. The molecule has 0 bridgehead atoms. The van der Waals surface area contributed by atoms with E-state index in [-0.39, 0.29) is 6.04 Å². The minimum Gasteiger partial charge on any atom is -0.480 e. The zero-order valence-electron chi connectivity index (χ0n) is 12.1. The molecule has 0 saturated heterocycles. The lowest BCUT2D eigenvalue weighted by atomic mass is 9.77. The van der Waals surface area contributed by atoms with Crippen LogP contribution in [0.2, 0.25) is 0 Å². The first-order chi connectivity index (χ1) is 8.54. The molecule has 0 aromatic carbocycles. The van der Waals surface area contributed by atoms with Crippen molar-refractivity contribution in [3.63, 3.8) is 0 Å². The first kappa shape index (κ1) is 15.5. The summed E-state index contributed by atoms with van der Waals surface area (Å²) >= 11 is 0. The second-order valence-electron chi connectivity index (χ2n) is 6.11. The Bertz CT molecular complexity index is 245. The number of rotatable bonds is 7. The monoisotopic (exact) mass is 255 g/mol. The minimum atomic E-state index is -0.701. The fraction of sp³-hybridized carbons (Fsp3) is 0.933. The van der Waals surface area contributed by atoms with Gasteiger partial charge in [0.05, 0.1) is 0 Å². The van der Waals surface area contributed by atoms with Crippen molar-refractivity contribution in [3.05, 3.63) is 0 Å². The number of nitrogens with one attached hydrogen (secondary N) is 1. The molecule has 1 aliphatic carbocycles. The Morgan fingerprint density at radius 2 is 1.89 bits per heavy atom. The summed E-state index contributed by atoms with van der Waals surface area (Å²) < 4.78 is 0. The molecule has 1 rings (SSSR count). The average molecular weight is 255 g/mol. The highest BCUT2D eigenvalue weighted by Crippen LogP contribution is 2.32. The Morgan fingerprint density at radius 3 is 2.33 bits per heavy atom. The Balaban J connectivity index is 2.26. The summed E-state index contributed by atoms with van der Waals surface area (Å²) in [7, 11) is 0. The lowest BCUT2D eigenvalue weighted by Gasteiger charge is -2.31. The van der Waals surface area contributed by atoms with Gasteiger partial charge in [0.2, 0.25) is 0 Å². The highest BCUT2D eigenvalue weighted by molar-refractivity contribution is 5.73. The van der Waals surface area contributed by atoms with Crippen LogP contribution in [0.4, 0.5) is 0 Å². The number of hydrogen-bond donors (Lipinski definition) is 2. The molecule has 3 heteroatoms. The van der Waals surface area contributed by atoms with Crippen molar-refractivity contribution in [2.45, 2.75) is 65.3 Å². The van der Waals surface area contributed by atoms with Crippen LogP contribution in [0.1, 0.15) is 59.3 Å². The number of carboxylic acid groups (broad SMARTS) is 1. The van der Waals surface area contributed by atoms with Gasteiger partial charge in [-0.05, 0) is 56.4 Å². The van der Waals surface area contributed by atoms with Crippen molar-refractivity contribution in [2.75, 3.05) is 6.54 Å². The Morgan fingerprint density at radius 1 is 1.28 bits per heavy atom. The predicted molar refractivity (Wildman–Crippen MR) is 74.6 cm³/mol. The molecule has 0 spiro atoms. The molecular formula is C15H29NO2. The molecule has 0 aromatic heterocycles. The van der Waals surface area contributed by atoms with Gasteiger partial charge in [0, 0.05) is 0 Å². The summed E-state index contributed by atoms with van der Waals surface area (Å²) in [5.41, 5.74) is 0. The standard InChI is InChI=1S/C15H29NO2/c1-4-5-14(15(17)18)16-10-12-6-8-13(9-7-12)11(2)3/h11-14,16H,4-10H2,1-3H3,(H,17,18). The van der Waals surface area contributed by atoms with Crippen LogP contribution < -0.4 is 5.32 Å². The summed E-state index contributed by atoms with van der Waals surface area (Å²) in [5.74, 6) is 1.66. The van der Waals surface area contributed by atoms with E-state index in [0.29, 0.717) is 5.92 Å². The van der Waals surface area contributed by atoms with E-state index in [2.05, 4.69) is 19.2 Å². The largest absolute Gasteiger partial charge is 0.480 e. The maximum atomic E-state index is 11.0. The summed E-state index contributed by atoms with van der Waals surface area (Å²) in [6.07, 6.45) is 6.80. The molecule has 1 saturated carbocycles. The van der Waals surface area contributed by atoms with Crippen LogP contribution in [-0.2, 0) is 4.79 Å². The minimum absolute atomic E-state index is 0.349. The van der Waals surface area contributed by atoms with Crippen molar-refractivity contribution in [3.8, 4) is 0 Å². The van der Waals surface area contributed by atoms with Crippen LogP contribution in [0.25, 0.3) is 0 Å². The molecule has 0 amide bonds. The van der Waals surface area contributed by atoms with Crippen LogP contribution in [-0.4, -0.2) is 23.7 Å². The van der Waals surface area contributed by atoms with Gasteiger partial charge < -0.3 is 10.4 Å². The van der Waals surface area contributed by atoms with Crippen LogP contribution in [0, 0.1) is 17.8 Å². The summed E-state index contributed by atoms with van der Waals surface area (Å²) in [4.78, 5) is 11.0. The molecule has 1 atom stereocenters. The maximum Gasteiger partial charge on any atom is 0.320 e. The summed E-state index contributed by atoms with van der Waals surface area (Å²) in [5, 5.41) is 12.3. The Hall–Kier alpha value is -0.570. The molecule has 0 radical (unpaired) electrons. The lowest BCUT2D eigenvalue weighted by Crippen LogP contribution is -2.40. The predicted octanol–water partition coefficient (Wildman–Crippen LogP) is 3.29. The number of carbonyl (C=O) groups is 1. The maximum absolute atomic E-state index is 11.0. The zero-order chi connectivity index (χ0) is 13.5. The normalized spacial score (nSPS) is 26.2. The second-order valence-corrected chi connectivity index (χ2v) is 6.11. The third-order valence-electron chi connectivity index (χ3n) is 4.36. The van der Waals surface area contributed by atoms with E-state index < -0.39 is 5.97 Å². The van der Waals surface area contributed by atoms with Gasteiger partial charge in [0.25, 0.3) is 0 Å². The first-order valence-corrected chi connectivity index (χ1v) is 7.50. The van der Waals surface area contributed by atoms with E-state index in [1.807, 2.05) is 6.92 Å². The molecule has 18 heavy (non-hydrogen) atoms. The van der Waals surface area contributed by atoms with Crippen LogP contribution in [0.15, 0.2) is 0 Å². The fourth-order valence-corrected chi connectivity index (χ4v) is 2.97. The highest BCUT2D eigenvalue weighted by Gasteiger charge is 2.24. The van der Waals surface area contributed by atoms with E-state index in [0.717, 1.165) is 31.2 Å². The number of hydrogen-bond acceptors (Lipinski definition) is 2. The molecule has 0 aromatic rings. The molecule has 3 nitrogen and oxygen atoms in total. The van der Waals surface area contributed by atoms with Gasteiger partial charge in [-0.3, -0.25) is 4.79 Å². The van der Waals surface area contributed by atoms with Crippen LogP contribution >= 0.6 is 0 Å². The Kier molecular flexibility index (Phi) is 6.69. The van der Waals surface area contributed by atoms with Gasteiger partial charge in [-0.2, -0.15) is 0 Å². The van der Waals surface area contributed by atoms with Gasteiger partial charge in [-0.25, -0.2) is 0 Å². The molecule has 1 fully saturated rings. The Labute approximate surface area is 111 Å². The van der Waals surface area contributed by atoms with Gasteiger partial charge in [0.1, 0.15) is 6.04 Å². The molecule has 0 heterocycles. The van der Waals surface area contributed by atoms with Crippen molar-refractivity contribution in [1.29, 1.82) is 0 Å². The van der Waals surface area contributed by atoms with Gasteiger partial charge in [-0.1, -0.05) is 27.2 Å². The quantitative estimate of drug-likeness (QED) is 0.734. The van der Waals surface area contributed by atoms with Crippen molar-refractivity contribution in [2.24, 2.45) is 17.8 Å². The molecule has 106 valence electrons. The number of aliphatic carboxylic acids is 1. The summed E-state index contributed by atoms with van der Waals surface area (Å²) in [6, 6.07) is -0.349. The van der Waals surface area contributed by atoms with E-state index in [9.17, 15) is 4.79 Å². The van der Waals surface area contributed by atoms with Gasteiger partial charge in [-0.15, -0.1) is 0 Å². The van der Waals surface area contributed by atoms with E-state index in [1.165, 1.54) is 25.7 Å². The molecular weight excluding hydrogens is 226 g/mol. The van der Waals surface area contributed by atoms with Gasteiger partial charge in [0.15, 0.2) is 0 Å². The molecule has 1 unspecified atom stereocenters. The molecule has 0 aliphatic heterocycles. The first-order valence-electron chi connectivity index (χ1n) is 7.50. The molecule has 1 aliphatic rings. The zero-order valence-corrected chi connectivity index (χ0v) is 12.1. The van der Waals surface area contributed by atoms with Gasteiger partial charge >= 0.3 is 5.97 Å². The second kappa shape index (κ2) is 7.78. The van der Waals surface area contributed by atoms with Crippen molar-refractivity contribution in [1.82, 2.24) is 5.32 Å². The highest BCUT2D eigenvalue weighted by atomic mass is 16.4. The van der Waals surface area contributed by atoms with Crippen LogP contribution in [0.5, 0.6) is 0 Å². The smallest absolute Gasteiger partial charge is 0.320 e. The molecule has 2 N–H and O–H groups in total. The van der Waals surface area contributed by atoms with Crippen molar-refractivity contribution < 1.29 is 9.90 Å². The van der Waals surface area contributed by atoms with E-state index in [4.69, 9.17) is 5.11 Å². The van der Waals surface area contributed by atoms with E-state index >= 15 is 0 Å². The lowest BCUT2D eigenvalue weighted by molar-refractivity contribution is -0.139. The van der Waals surface area contributed by atoms with Crippen LogP contribution in [0.3, 0.4) is 0 Å². The third-order valence-corrected chi connectivity index (χ3v) is 4.36. The van der Waals surface area contributed by atoms with E-state index in [1.54, 1.807) is 0 Å². The number of carboxylic acids is 1.